The van der Waals surface area contributed by atoms with Crippen molar-refractivity contribution in [2.45, 2.75) is 0 Å². The molecule has 98 valence electrons. The third-order valence-corrected chi connectivity index (χ3v) is 2.98. The van der Waals surface area contributed by atoms with E-state index in [1.807, 2.05) is 31.3 Å². The summed E-state index contributed by atoms with van der Waals surface area (Å²) in [4.78, 5) is 4.32. The third-order valence-electron chi connectivity index (χ3n) is 2.69. The lowest BCUT2D eigenvalue weighted by molar-refractivity contribution is 0.981. The molecule has 0 aliphatic rings. The minimum Gasteiger partial charge on any atom is -0.388 e. The van der Waals surface area contributed by atoms with Crippen molar-refractivity contribution in [3.63, 3.8) is 0 Å². The topological polar surface area (TPSA) is 61.3 Å². The van der Waals surface area contributed by atoms with Crippen LogP contribution in [-0.4, -0.2) is 30.4 Å². The van der Waals surface area contributed by atoms with Gasteiger partial charge in [-0.1, -0.05) is 12.1 Å². The highest BCUT2D eigenvalue weighted by Crippen LogP contribution is 2.23. The van der Waals surface area contributed by atoms with Crippen molar-refractivity contribution in [1.82, 2.24) is 15.7 Å². The zero-order valence-electron chi connectivity index (χ0n) is 10.8. The van der Waals surface area contributed by atoms with E-state index >= 15 is 0 Å². The van der Waals surface area contributed by atoms with Crippen LogP contribution in [0, 0.1) is 0 Å². The van der Waals surface area contributed by atoms with E-state index in [1.165, 1.54) is 0 Å². The number of rotatable bonds is 3. The molecule has 0 atom stereocenters. The molecule has 2 aromatic rings. The summed E-state index contributed by atoms with van der Waals surface area (Å²) in [5, 5.41) is 12.6. The van der Waals surface area contributed by atoms with Gasteiger partial charge in [0.1, 0.15) is 0 Å². The Bertz CT molecular complexity index is 623. The maximum absolute atomic E-state index is 4.94. The fraction of sp³-hybridized carbons (Fsp3) is 0.154. The summed E-state index contributed by atoms with van der Waals surface area (Å²) in [7, 11) is 3.64. The van der Waals surface area contributed by atoms with Crippen molar-refractivity contribution in [1.29, 1.82) is 0 Å². The Morgan fingerprint density at radius 3 is 2.84 bits per heavy atom. The summed E-state index contributed by atoms with van der Waals surface area (Å²) < 4.78 is 0. The molecule has 0 saturated heterocycles. The van der Waals surface area contributed by atoms with Gasteiger partial charge in [0.25, 0.3) is 0 Å². The first-order valence-corrected chi connectivity index (χ1v) is 6.23. The first-order valence-electron chi connectivity index (χ1n) is 5.82. The van der Waals surface area contributed by atoms with Crippen LogP contribution < -0.4 is 16.1 Å². The summed E-state index contributed by atoms with van der Waals surface area (Å²) in [6, 6.07) is 8.00. The first-order chi connectivity index (χ1) is 9.26. The van der Waals surface area contributed by atoms with Gasteiger partial charge in [0.05, 0.1) is 11.9 Å². The second kappa shape index (κ2) is 6.10. The van der Waals surface area contributed by atoms with E-state index in [0.29, 0.717) is 5.11 Å². The Balaban J connectivity index is 2.36. The molecule has 6 heteroatoms. The number of pyridine rings is 1. The Hall–Kier alpha value is -2.21. The smallest absolute Gasteiger partial charge is 0.186 e. The summed E-state index contributed by atoms with van der Waals surface area (Å²) in [6.45, 7) is 0. The second-order valence-corrected chi connectivity index (χ2v) is 4.20. The van der Waals surface area contributed by atoms with Crippen LogP contribution in [0.4, 0.5) is 5.69 Å². The molecule has 0 aliphatic heterocycles. The second-order valence-electron chi connectivity index (χ2n) is 3.80. The Kier molecular flexibility index (Phi) is 4.25. The van der Waals surface area contributed by atoms with Crippen molar-refractivity contribution < 1.29 is 0 Å². The molecule has 0 saturated carbocycles. The van der Waals surface area contributed by atoms with E-state index in [4.69, 9.17) is 12.2 Å². The van der Waals surface area contributed by atoms with E-state index in [-0.39, 0.29) is 0 Å². The van der Waals surface area contributed by atoms with Gasteiger partial charge >= 0.3 is 0 Å². The van der Waals surface area contributed by atoms with Crippen LogP contribution in [0.2, 0.25) is 0 Å². The lowest BCUT2D eigenvalue weighted by Gasteiger charge is -2.07. The number of aromatic nitrogens is 1. The largest absolute Gasteiger partial charge is 0.388 e. The zero-order chi connectivity index (χ0) is 13.7. The van der Waals surface area contributed by atoms with Crippen molar-refractivity contribution >= 4 is 40.0 Å². The van der Waals surface area contributed by atoms with Gasteiger partial charge in [-0.3, -0.25) is 10.4 Å². The van der Waals surface area contributed by atoms with Crippen molar-refractivity contribution in [3.05, 3.63) is 36.2 Å². The minimum atomic E-state index is 0.465. The fourth-order valence-corrected chi connectivity index (χ4v) is 1.81. The summed E-state index contributed by atoms with van der Waals surface area (Å²) in [5.41, 5.74) is 4.56. The highest BCUT2D eigenvalue weighted by Gasteiger charge is 2.03. The van der Waals surface area contributed by atoms with E-state index < -0.39 is 0 Å². The number of anilines is 1. The predicted molar refractivity (Wildman–Crippen MR) is 83.7 cm³/mol. The maximum atomic E-state index is 4.94. The number of hydrogen-bond acceptors (Lipinski definition) is 4. The van der Waals surface area contributed by atoms with Crippen LogP contribution >= 0.6 is 12.2 Å². The van der Waals surface area contributed by atoms with Crippen LogP contribution in [0.1, 0.15) is 5.69 Å². The minimum absolute atomic E-state index is 0.465. The zero-order valence-corrected chi connectivity index (χ0v) is 11.6. The predicted octanol–water partition coefficient (Wildman–Crippen LogP) is 1.70. The van der Waals surface area contributed by atoms with Gasteiger partial charge in [0.2, 0.25) is 0 Å². The molecule has 0 radical (unpaired) electrons. The van der Waals surface area contributed by atoms with Crippen LogP contribution in [0.5, 0.6) is 0 Å². The number of fused-ring (bicyclic) bond motifs is 1. The lowest BCUT2D eigenvalue weighted by atomic mass is 10.1. The van der Waals surface area contributed by atoms with Crippen molar-refractivity contribution in [2.24, 2.45) is 5.10 Å². The first kappa shape index (κ1) is 13.2. The molecule has 1 heterocycles. The molecular formula is C13H15N5S. The molecule has 0 spiro atoms. The molecule has 19 heavy (non-hydrogen) atoms. The molecule has 0 unspecified atom stereocenters. The van der Waals surface area contributed by atoms with Crippen LogP contribution in [0.3, 0.4) is 0 Å². The lowest BCUT2D eigenvalue weighted by Crippen LogP contribution is -2.28. The molecule has 2 rings (SSSR count). The average molecular weight is 273 g/mol. The quantitative estimate of drug-likeness (QED) is 0.451. The van der Waals surface area contributed by atoms with Gasteiger partial charge in [0.15, 0.2) is 5.11 Å². The Morgan fingerprint density at radius 1 is 1.26 bits per heavy atom. The molecule has 5 nitrogen and oxygen atoms in total. The fourth-order valence-electron chi connectivity index (χ4n) is 1.76. The molecule has 0 amide bonds. The molecule has 1 aromatic heterocycles. The highest BCUT2D eigenvalue weighted by molar-refractivity contribution is 7.80. The number of nitrogens with one attached hydrogen (secondary N) is 3. The molecule has 1 aromatic carbocycles. The summed E-state index contributed by atoms with van der Waals surface area (Å²) in [6.07, 6.45) is 3.42. The van der Waals surface area contributed by atoms with Gasteiger partial charge < -0.3 is 10.6 Å². The van der Waals surface area contributed by atoms with Crippen molar-refractivity contribution in [2.75, 3.05) is 19.4 Å². The van der Waals surface area contributed by atoms with Crippen molar-refractivity contribution in [3.8, 4) is 0 Å². The van der Waals surface area contributed by atoms with E-state index in [2.05, 4.69) is 26.1 Å². The van der Waals surface area contributed by atoms with Gasteiger partial charge in [-0.05, 0) is 24.4 Å². The van der Waals surface area contributed by atoms with Gasteiger partial charge in [-0.25, -0.2) is 0 Å². The summed E-state index contributed by atoms with van der Waals surface area (Å²) >= 11 is 4.94. The highest BCUT2D eigenvalue weighted by atomic mass is 32.1. The summed E-state index contributed by atoms with van der Waals surface area (Å²) in [5.74, 6) is 0. The molecule has 3 N–H and O–H groups in total. The van der Waals surface area contributed by atoms with E-state index in [9.17, 15) is 0 Å². The number of benzene rings is 1. The molecule has 0 aliphatic carbocycles. The van der Waals surface area contributed by atoms with Gasteiger partial charge in [0, 0.05) is 36.8 Å². The molecule has 0 fully saturated rings. The van der Waals surface area contributed by atoms with Gasteiger partial charge in [-0.15, -0.1) is 0 Å². The normalized spacial score (nSPS) is 10.6. The van der Waals surface area contributed by atoms with Crippen LogP contribution in [0.25, 0.3) is 10.8 Å². The SMILES string of the molecule is CNC(=S)NN=Cc1nccc2c(NC)cccc12. The van der Waals surface area contributed by atoms with Crippen LogP contribution in [0.15, 0.2) is 35.6 Å². The number of nitrogens with zero attached hydrogens (tertiary/aromatic N) is 2. The molecule has 0 bridgehead atoms. The maximum Gasteiger partial charge on any atom is 0.186 e. The monoisotopic (exact) mass is 273 g/mol. The van der Waals surface area contributed by atoms with Crippen LogP contribution in [-0.2, 0) is 0 Å². The molecular weight excluding hydrogens is 258 g/mol. The standard InChI is InChI=1S/C13H15N5S/c1-14-11-5-3-4-9-10(11)6-7-16-12(9)8-17-18-13(19)15-2/h3-8,14H,1-2H3,(H2,15,18,19). The third kappa shape index (κ3) is 2.97. The number of hydrogen-bond donors (Lipinski definition) is 3. The van der Waals surface area contributed by atoms with E-state index in [1.54, 1.807) is 19.5 Å². The Morgan fingerprint density at radius 2 is 2.11 bits per heavy atom. The average Bonchev–Trinajstić information content (AvgIpc) is 2.46. The number of thiocarbonyl (C=S) groups is 1. The number of hydrazone groups is 1. The Labute approximate surface area is 117 Å². The van der Waals surface area contributed by atoms with E-state index in [0.717, 1.165) is 22.2 Å². The van der Waals surface area contributed by atoms with Gasteiger partial charge in [-0.2, -0.15) is 5.10 Å².